The molecule has 0 bridgehead atoms. The molecular formula is C9H13F5O3. The first-order valence-electron chi connectivity index (χ1n) is 4.66. The van der Waals surface area contributed by atoms with Gasteiger partial charge in [0.2, 0.25) is 0 Å². The Bertz CT molecular complexity index is 237. The largest absolute Gasteiger partial charge is 0.495 e. The van der Waals surface area contributed by atoms with Crippen molar-refractivity contribution in [3.8, 4) is 0 Å². The van der Waals surface area contributed by atoms with Crippen molar-refractivity contribution in [3.05, 3.63) is 12.3 Å². The molecule has 0 amide bonds. The van der Waals surface area contributed by atoms with Crippen LogP contribution in [-0.4, -0.2) is 31.4 Å². The van der Waals surface area contributed by atoms with Gasteiger partial charge in [-0.3, -0.25) is 0 Å². The summed E-state index contributed by atoms with van der Waals surface area (Å²) < 4.78 is 63.6. The van der Waals surface area contributed by atoms with Gasteiger partial charge in [0.05, 0.1) is 12.4 Å². The maximum absolute atomic E-state index is 12.3. The van der Waals surface area contributed by atoms with Crippen molar-refractivity contribution in [2.24, 2.45) is 0 Å². The normalized spacial score (nSPS) is 13.6. The van der Waals surface area contributed by atoms with Crippen molar-refractivity contribution in [3.63, 3.8) is 0 Å². The van der Waals surface area contributed by atoms with Crippen LogP contribution < -0.4 is 0 Å². The summed E-state index contributed by atoms with van der Waals surface area (Å²) in [5.74, 6) is -4.87. The highest BCUT2D eigenvalue weighted by Crippen LogP contribution is 2.35. The highest BCUT2D eigenvalue weighted by molar-refractivity contribution is 4.78. The summed E-state index contributed by atoms with van der Waals surface area (Å²) >= 11 is 0. The highest BCUT2D eigenvalue weighted by atomic mass is 19.4. The number of hydrogen-bond donors (Lipinski definition) is 0. The second kappa shape index (κ2) is 6.75. The van der Waals surface area contributed by atoms with Crippen LogP contribution in [0.1, 0.15) is 13.8 Å². The van der Waals surface area contributed by atoms with E-state index in [1.807, 2.05) is 0 Å². The van der Waals surface area contributed by atoms with Crippen LogP contribution in [0, 0.1) is 0 Å². The summed E-state index contributed by atoms with van der Waals surface area (Å²) in [5.41, 5.74) is 0. The summed E-state index contributed by atoms with van der Waals surface area (Å²) in [6.45, 7) is 1.52. The first-order chi connectivity index (χ1) is 7.67. The van der Waals surface area contributed by atoms with Gasteiger partial charge in [-0.15, -0.1) is 0 Å². The molecule has 0 atom stereocenters. The molecule has 0 aliphatic rings. The summed E-state index contributed by atoms with van der Waals surface area (Å²) in [7, 11) is 0. The van der Waals surface area contributed by atoms with Crippen LogP contribution in [0.25, 0.3) is 0 Å². The van der Waals surface area contributed by atoms with Crippen LogP contribution in [-0.2, 0) is 14.5 Å². The molecule has 8 heteroatoms. The summed E-state index contributed by atoms with van der Waals surface area (Å²) in [4.78, 5) is 9.13. The van der Waals surface area contributed by atoms with Crippen molar-refractivity contribution in [1.29, 1.82) is 0 Å². The molecule has 3 nitrogen and oxygen atoms in total. The van der Waals surface area contributed by atoms with Crippen molar-refractivity contribution in [2.75, 3.05) is 13.2 Å². The molecule has 0 rings (SSSR count). The number of rotatable bonds is 7. The van der Waals surface area contributed by atoms with Crippen molar-refractivity contribution in [2.45, 2.75) is 32.1 Å². The standard InChI is InChI=1S/C9H13F5O3/c1-7(2)17-16-5-3-4-15-6-8(10,11)9(12,13)14/h3-4,7H,5-6H2,1-2H3. The fraction of sp³-hybridized carbons (Fsp3) is 0.778. The molecule has 0 spiro atoms. The number of hydrogen-bond acceptors (Lipinski definition) is 3. The number of alkyl halides is 5. The maximum atomic E-state index is 12.3. The SMILES string of the molecule is CC(C)OOCC=COCC(F)(F)C(F)(F)F. The van der Waals surface area contributed by atoms with Crippen LogP contribution in [0.2, 0.25) is 0 Å². The van der Waals surface area contributed by atoms with Crippen LogP contribution >= 0.6 is 0 Å². The maximum Gasteiger partial charge on any atom is 0.456 e. The Morgan fingerprint density at radius 2 is 1.71 bits per heavy atom. The molecule has 0 N–H and O–H groups in total. The second-order valence-corrected chi connectivity index (χ2v) is 3.31. The van der Waals surface area contributed by atoms with E-state index < -0.39 is 18.7 Å². The van der Waals surface area contributed by atoms with Crippen LogP contribution in [0.4, 0.5) is 22.0 Å². The van der Waals surface area contributed by atoms with E-state index in [9.17, 15) is 22.0 Å². The predicted molar refractivity (Wildman–Crippen MR) is 48.3 cm³/mol. The van der Waals surface area contributed by atoms with Gasteiger partial charge < -0.3 is 4.74 Å². The Balaban J connectivity index is 3.73. The van der Waals surface area contributed by atoms with Gasteiger partial charge in [0.1, 0.15) is 6.61 Å². The minimum atomic E-state index is -5.61. The molecule has 0 saturated heterocycles. The molecule has 0 radical (unpaired) electrons. The third kappa shape index (κ3) is 7.11. The van der Waals surface area contributed by atoms with Crippen molar-refractivity contribution >= 4 is 0 Å². The van der Waals surface area contributed by atoms with E-state index >= 15 is 0 Å². The quantitative estimate of drug-likeness (QED) is 0.232. The van der Waals surface area contributed by atoms with Crippen molar-refractivity contribution < 1.29 is 36.5 Å². The smallest absolute Gasteiger partial charge is 0.456 e. The summed E-state index contributed by atoms with van der Waals surface area (Å²) in [6, 6.07) is 0. The average Bonchev–Trinajstić information content (AvgIpc) is 2.13. The summed E-state index contributed by atoms with van der Waals surface area (Å²) in [6.07, 6.45) is -3.99. The Labute approximate surface area is 95.1 Å². The Morgan fingerprint density at radius 1 is 1.12 bits per heavy atom. The van der Waals surface area contributed by atoms with Gasteiger partial charge in [-0.1, -0.05) is 0 Å². The van der Waals surface area contributed by atoms with E-state index in [0.29, 0.717) is 6.26 Å². The molecule has 102 valence electrons. The van der Waals surface area contributed by atoms with Crippen LogP contribution in [0.3, 0.4) is 0 Å². The average molecular weight is 264 g/mol. The van der Waals surface area contributed by atoms with E-state index in [0.717, 1.165) is 6.08 Å². The van der Waals surface area contributed by atoms with Gasteiger partial charge in [0, 0.05) is 0 Å². The van der Waals surface area contributed by atoms with E-state index in [1.54, 1.807) is 13.8 Å². The topological polar surface area (TPSA) is 27.7 Å². The summed E-state index contributed by atoms with van der Waals surface area (Å²) in [5, 5.41) is 0. The Morgan fingerprint density at radius 3 is 2.18 bits per heavy atom. The Hall–Kier alpha value is -0.890. The minimum Gasteiger partial charge on any atom is -0.495 e. The zero-order valence-corrected chi connectivity index (χ0v) is 9.26. The van der Waals surface area contributed by atoms with Gasteiger partial charge in [0.25, 0.3) is 0 Å². The molecule has 0 aromatic heterocycles. The molecule has 0 saturated carbocycles. The lowest BCUT2D eigenvalue weighted by atomic mass is 10.3. The van der Waals surface area contributed by atoms with Gasteiger partial charge in [0.15, 0.2) is 6.61 Å². The number of halogens is 5. The van der Waals surface area contributed by atoms with Crippen LogP contribution in [0.15, 0.2) is 12.3 Å². The second-order valence-electron chi connectivity index (χ2n) is 3.31. The molecular weight excluding hydrogens is 251 g/mol. The highest BCUT2D eigenvalue weighted by Gasteiger charge is 2.58. The van der Waals surface area contributed by atoms with E-state index in [4.69, 9.17) is 0 Å². The minimum absolute atomic E-state index is 0.115. The van der Waals surface area contributed by atoms with Gasteiger partial charge in [-0.2, -0.15) is 22.0 Å². The lowest BCUT2D eigenvalue weighted by Crippen LogP contribution is -2.40. The lowest BCUT2D eigenvalue weighted by Gasteiger charge is -2.18. The molecule has 0 heterocycles. The third-order valence-corrected chi connectivity index (χ3v) is 1.30. The molecule has 0 aromatic carbocycles. The molecule has 0 unspecified atom stereocenters. The molecule has 0 aliphatic heterocycles. The fourth-order valence-corrected chi connectivity index (χ4v) is 0.557. The first kappa shape index (κ1) is 16.1. The monoisotopic (exact) mass is 264 g/mol. The molecule has 0 aromatic rings. The first-order valence-corrected chi connectivity index (χ1v) is 4.66. The van der Waals surface area contributed by atoms with E-state index in [2.05, 4.69) is 14.5 Å². The van der Waals surface area contributed by atoms with E-state index in [1.165, 1.54) is 0 Å². The number of ether oxygens (including phenoxy) is 1. The molecule has 0 aliphatic carbocycles. The third-order valence-electron chi connectivity index (χ3n) is 1.30. The van der Waals surface area contributed by atoms with E-state index in [-0.39, 0.29) is 12.7 Å². The zero-order chi connectivity index (χ0) is 13.5. The molecule has 17 heavy (non-hydrogen) atoms. The zero-order valence-electron chi connectivity index (χ0n) is 9.26. The van der Waals surface area contributed by atoms with Gasteiger partial charge >= 0.3 is 12.1 Å². The predicted octanol–water partition coefficient (Wildman–Crippen LogP) is 3.07. The van der Waals surface area contributed by atoms with Crippen LogP contribution in [0.5, 0.6) is 0 Å². The van der Waals surface area contributed by atoms with Gasteiger partial charge in [-0.25, -0.2) is 9.78 Å². The Kier molecular flexibility index (Phi) is 6.40. The van der Waals surface area contributed by atoms with Crippen molar-refractivity contribution in [1.82, 2.24) is 0 Å². The lowest BCUT2D eigenvalue weighted by molar-refractivity contribution is -0.309. The van der Waals surface area contributed by atoms with Gasteiger partial charge in [-0.05, 0) is 19.9 Å². The fourth-order valence-electron chi connectivity index (χ4n) is 0.557. The molecule has 0 fully saturated rings.